The lowest BCUT2D eigenvalue weighted by molar-refractivity contribution is 0.579. The van der Waals surface area contributed by atoms with Crippen molar-refractivity contribution in [2.45, 2.75) is 31.2 Å². The molecule has 0 aliphatic rings. The van der Waals surface area contributed by atoms with Crippen molar-refractivity contribution in [1.82, 2.24) is 9.29 Å². The van der Waals surface area contributed by atoms with E-state index in [1.165, 1.54) is 0 Å². The molecule has 0 saturated heterocycles. The van der Waals surface area contributed by atoms with Crippen LogP contribution >= 0.6 is 11.3 Å². The Balaban J connectivity index is 1.63. The lowest BCUT2D eigenvalue weighted by atomic mass is 10.3. The third-order valence-electron chi connectivity index (χ3n) is 4.56. The first-order valence-electron chi connectivity index (χ1n) is 9.31. The van der Waals surface area contributed by atoms with Crippen LogP contribution in [0.4, 0.5) is 5.69 Å². The number of hydrogen-bond acceptors (Lipinski definition) is 5. The lowest BCUT2D eigenvalue weighted by Crippen LogP contribution is -2.28. The number of aromatic nitrogens is 1. The van der Waals surface area contributed by atoms with E-state index in [9.17, 15) is 13.2 Å². The number of nitrogens with one attached hydrogen (secondary N) is 1. The molecule has 0 atom stereocenters. The van der Waals surface area contributed by atoms with E-state index in [1.54, 1.807) is 22.8 Å². The van der Waals surface area contributed by atoms with E-state index in [0.717, 1.165) is 35.5 Å². The highest BCUT2D eigenvalue weighted by Crippen LogP contribution is 2.22. The predicted molar refractivity (Wildman–Crippen MR) is 116 cm³/mol. The molecule has 0 radical (unpaired) electrons. The van der Waals surface area contributed by atoms with Crippen LogP contribution in [0.1, 0.15) is 19.8 Å². The van der Waals surface area contributed by atoms with E-state index < -0.39 is 10.0 Å². The summed E-state index contributed by atoms with van der Waals surface area (Å²) in [6, 6.07) is 14.9. The topological polar surface area (TPSA) is 71.4 Å². The Morgan fingerprint density at radius 1 is 1.14 bits per heavy atom. The summed E-state index contributed by atoms with van der Waals surface area (Å²) in [7, 11) is -1.62. The number of sulfonamides is 1. The molecular weight excluding hydrogens is 394 g/mol. The van der Waals surface area contributed by atoms with Gasteiger partial charge in [-0.2, -0.15) is 0 Å². The monoisotopic (exact) mass is 419 g/mol. The number of fused-ring (bicyclic) bond motifs is 1. The van der Waals surface area contributed by atoms with Gasteiger partial charge >= 0.3 is 4.87 Å². The standard InChI is InChI=1S/C20H25N3O3S2/c1-3-13-23-18-11-10-17(15-19(18)27-20(23)24)28(25,26)21-12-7-14-22(2)16-8-5-4-6-9-16/h4-6,8-11,15,21H,3,7,12-14H2,1-2H3. The Morgan fingerprint density at radius 3 is 2.61 bits per heavy atom. The van der Waals surface area contributed by atoms with Crippen LogP contribution in [0.2, 0.25) is 0 Å². The minimum absolute atomic E-state index is 0.0525. The predicted octanol–water partition coefficient (Wildman–Crippen LogP) is 3.28. The van der Waals surface area contributed by atoms with Crippen molar-refractivity contribution in [1.29, 1.82) is 0 Å². The molecular formula is C20H25N3O3S2. The molecule has 3 aromatic rings. The number of para-hydroxylation sites is 1. The molecule has 0 unspecified atom stereocenters. The molecule has 1 aromatic heterocycles. The second-order valence-corrected chi connectivity index (χ2v) is 9.42. The Bertz CT molecular complexity index is 1090. The molecule has 150 valence electrons. The van der Waals surface area contributed by atoms with Crippen molar-refractivity contribution < 1.29 is 8.42 Å². The number of aryl methyl sites for hydroxylation is 1. The van der Waals surface area contributed by atoms with Crippen LogP contribution in [0.5, 0.6) is 0 Å². The number of rotatable bonds is 9. The molecule has 0 bridgehead atoms. The van der Waals surface area contributed by atoms with E-state index in [0.29, 0.717) is 24.2 Å². The third-order valence-corrected chi connectivity index (χ3v) is 6.96. The van der Waals surface area contributed by atoms with Gasteiger partial charge in [-0.15, -0.1) is 0 Å². The van der Waals surface area contributed by atoms with Crippen LogP contribution in [-0.4, -0.2) is 33.1 Å². The van der Waals surface area contributed by atoms with Crippen molar-refractivity contribution in [3.05, 3.63) is 58.2 Å². The van der Waals surface area contributed by atoms with Gasteiger partial charge in [-0.05, 0) is 43.2 Å². The number of benzene rings is 2. The van der Waals surface area contributed by atoms with Crippen LogP contribution in [0.15, 0.2) is 58.2 Å². The van der Waals surface area contributed by atoms with Crippen molar-refractivity contribution in [3.8, 4) is 0 Å². The Morgan fingerprint density at radius 2 is 1.89 bits per heavy atom. The lowest BCUT2D eigenvalue weighted by Gasteiger charge is -2.19. The van der Waals surface area contributed by atoms with Crippen LogP contribution in [0.25, 0.3) is 10.2 Å². The molecule has 1 N–H and O–H groups in total. The van der Waals surface area contributed by atoms with E-state index in [4.69, 9.17) is 0 Å². The zero-order chi connectivity index (χ0) is 20.1. The zero-order valence-corrected chi connectivity index (χ0v) is 17.7. The van der Waals surface area contributed by atoms with Crippen molar-refractivity contribution in [2.24, 2.45) is 0 Å². The van der Waals surface area contributed by atoms with E-state index in [2.05, 4.69) is 9.62 Å². The maximum Gasteiger partial charge on any atom is 0.308 e. The van der Waals surface area contributed by atoms with Gasteiger partial charge in [0.05, 0.1) is 15.1 Å². The molecule has 0 fully saturated rings. The van der Waals surface area contributed by atoms with Gasteiger partial charge in [0.15, 0.2) is 0 Å². The smallest absolute Gasteiger partial charge is 0.308 e. The molecule has 8 heteroatoms. The molecule has 0 amide bonds. The summed E-state index contributed by atoms with van der Waals surface area (Å²) >= 11 is 1.09. The van der Waals surface area contributed by atoms with Crippen LogP contribution in [0, 0.1) is 0 Å². The van der Waals surface area contributed by atoms with Crippen molar-refractivity contribution in [3.63, 3.8) is 0 Å². The molecule has 3 rings (SSSR count). The Labute approximate surface area is 169 Å². The highest BCUT2D eigenvalue weighted by molar-refractivity contribution is 7.89. The maximum atomic E-state index is 12.6. The fourth-order valence-electron chi connectivity index (χ4n) is 3.07. The summed E-state index contributed by atoms with van der Waals surface area (Å²) in [4.78, 5) is 14.3. The fraction of sp³-hybridized carbons (Fsp3) is 0.350. The summed E-state index contributed by atoms with van der Waals surface area (Å²) in [6.45, 7) is 3.74. The third kappa shape index (κ3) is 4.63. The largest absolute Gasteiger partial charge is 0.375 e. The van der Waals surface area contributed by atoms with Gasteiger partial charge in [0, 0.05) is 32.4 Å². The second kappa shape index (κ2) is 8.89. The van der Waals surface area contributed by atoms with Gasteiger partial charge in [-0.25, -0.2) is 13.1 Å². The molecule has 0 aliphatic carbocycles. The molecule has 0 aliphatic heterocycles. The first-order valence-corrected chi connectivity index (χ1v) is 11.6. The maximum absolute atomic E-state index is 12.6. The van der Waals surface area contributed by atoms with Crippen LogP contribution < -0.4 is 14.5 Å². The summed E-state index contributed by atoms with van der Waals surface area (Å²) in [5, 5.41) is 0. The van der Waals surface area contributed by atoms with Gasteiger partial charge in [-0.1, -0.05) is 36.5 Å². The first-order chi connectivity index (χ1) is 13.4. The first kappa shape index (κ1) is 20.6. The average Bonchev–Trinajstić information content (AvgIpc) is 3.01. The summed E-state index contributed by atoms with van der Waals surface area (Å²) in [6.07, 6.45) is 1.54. The number of anilines is 1. The quantitative estimate of drug-likeness (QED) is 0.540. The van der Waals surface area contributed by atoms with Gasteiger partial charge in [0.25, 0.3) is 0 Å². The van der Waals surface area contributed by atoms with Crippen LogP contribution in [-0.2, 0) is 16.6 Å². The highest BCUT2D eigenvalue weighted by Gasteiger charge is 2.16. The number of hydrogen-bond donors (Lipinski definition) is 1. The minimum atomic E-state index is -3.60. The van der Waals surface area contributed by atoms with Gasteiger partial charge in [-0.3, -0.25) is 9.36 Å². The number of thiazole rings is 1. The normalized spacial score (nSPS) is 11.8. The molecule has 6 nitrogen and oxygen atoms in total. The Hall–Kier alpha value is -2.16. The highest BCUT2D eigenvalue weighted by atomic mass is 32.2. The van der Waals surface area contributed by atoms with Crippen molar-refractivity contribution >= 4 is 37.3 Å². The fourth-order valence-corrected chi connectivity index (χ4v) is 5.20. The van der Waals surface area contributed by atoms with E-state index in [1.807, 2.05) is 44.3 Å². The Kier molecular flexibility index (Phi) is 6.53. The zero-order valence-electron chi connectivity index (χ0n) is 16.1. The average molecular weight is 420 g/mol. The molecule has 0 saturated carbocycles. The number of nitrogens with zero attached hydrogens (tertiary/aromatic N) is 2. The molecule has 2 aromatic carbocycles. The van der Waals surface area contributed by atoms with E-state index in [-0.39, 0.29) is 9.77 Å². The van der Waals surface area contributed by atoms with E-state index >= 15 is 0 Å². The van der Waals surface area contributed by atoms with Gasteiger partial charge in [0.2, 0.25) is 10.0 Å². The minimum Gasteiger partial charge on any atom is -0.375 e. The summed E-state index contributed by atoms with van der Waals surface area (Å²) < 4.78 is 30.3. The molecule has 28 heavy (non-hydrogen) atoms. The molecule has 0 spiro atoms. The summed E-state index contributed by atoms with van der Waals surface area (Å²) in [5.74, 6) is 0. The van der Waals surface area contributed by atoms with Gasteiger partial charge in [0.1, 0.15) is 0 Å². The van der Waals surface area contributed by atoms with Gasteiger partial charge < -0.3 is 4.90 Å². The summed E-state index contributed by atoms with van der Waals surface area (Å²) in [5.41, 5.74) is 1.89. The second-order valence-electron chi connectivity index (χ2n) is 6.66. The SMILES string of the molecule is CCCn1c(=O)sc2cc(S(=O)(=O)NCCCN(C)c3ccccc3)ccc21. The van der Waals surface area contributed by atoms with Crippen molar-refractivity contribution in [2.75, 3.05) is 25.0 Å². The molecule has 1 heterocycles. The van der Waals surface area contributed by atoms with Crippen LogP contribution in [0.3, 0.4) is 0 Å².